The molecule has 49 heavy (non-hydrogen) atoms. The molecule has 3 fully saturated rings. The van der Waals surface area contributed by atoms with E-state index in [4.69, 9.17) is 25.8 Å². The number of ether oxygens (including phenoxy) is 3. The summed E-state index contributed by atoms with van der Waals surface area (Å²) in [6, 6.07) is 13.2. The van der Waals surface area contributed by atoms with Gasteiger partial charge < -0.3 is 34.4 Å². The molecule has 11 nitrogen and oxygen atoms in total. The van der Waals surface area contributed by atoms with Gasteiger partial charge in [0, 0.05) is 30.8 Å². The SMILES string of the molecule is C=CCCC(=O)N[C@@H](COC)[C@@H](OC(=O)[C@@H]1[C@@H]2CC[C@]3(O2)[C@H](C(=O)N(CC=C)c2ccc(Cl)cc2)N([C@H](C)CO)C(=O)[C@@H]13)c1ccccc1. The number of esters is 1. The molecule has 8 atom stereocenters. The number of methoxy groups -OCH3 is 1. The van der Waals surface area contributed by atoms with Crippen molar-refractivity contribution in [2.45, 2.75) is 68.5 Å². The minimum absolute atomic E-state index is 0.0474. The molecule has 1 spiro atoms. The van der Waals surface area contributed by atoms with Crippen LogP contribution in [0.4, 0.5) is 5.69 Å². The van der Waals surface area contributed by atoms with Gasteiger partial charge in [-0.25, -0.2) is 0 Å². The molecule has 2 bridgehead atoms. The lowest BCUT2D eigenvalue weighted by atomic mass is 9.70. The molecule has 0 radical (unpaired) electrons. The van der Waals surface area contributed by atoms with Crippen molar-refractivity contribution in [2.24, 2.45) is 11.8 Å². The number of anilines is 1. The number of nitrogens with zero attached hydrogens (tertiary/aromatic N) is 2. The van der Waals surface area contributed by atoms with Crippen LogP contribution in [-0.2, 0) is 33.4 Å². The summed E-state index contributed by atoms with van der Waals surface area (Å²) in [6.07, 6.45) is 3.06. The van der Waals surface area contributed by atoms with E-state index in [2.05, 4.69) is 18.5 Å². The molecule has 3 aliphatic rings. The first-order valence-corrected chi connectivity index (χ1v) is 16.9. The molecule has 0 unspecified atom stereocenters. The van der Waals surface area contributed by atoms with Crippen molar-refractivity contribution in [3.8, 4) is 0 Å². The van der Waals surface area contributed by atoms with Crippen molar-refractivity contribution < 1.29 is 38.5 Å². The Bertz CT molecular complexity index is 1540. The average Bonchev–Trinajstić information content (AvgIpc) is 3.76. The largest absolute Gasteiger partial charge is 0.455 e. The third-order valence-corrected chi connectivity index (χ3v) is 9.96. The fraction of sp³-hybridized carbons (Fsp3) is 0.459. The first-order valence-electron chi connectivity index (χ1n) is 16.5. The maximum atomic E-state index is 14.6. The second-order valence-corrected chi connectivity index (χ2v) is 13.2. The molecule has 262 valence electrons. The molecule has 3 aliphatic heterocycles. The van der Waals surface area contributed by atoms with Gasteiger partial charge in [0.15, 0.2) is 0 Å². The summed E-state index contributed by atoms with van der Waals surface area (Å²) in [6.45, 7) is 8.94. The van der Waals surface area contributed by atoms with Gasteiger partial charge in [-0.2, -0.15) is 0 Å². The summed E-state index contributed by atoms with van der Waals surface area (Å²) in [5, 5.41) is 13.7. The predicted octanol–water partition coefficient (Wildman–Crippen LogP) is 4.00. The Morgan fingerprint density at radius 1 is 1.16 bits per heavy atom. The van der Waals surface area contributed by atoms with Crippen molar-refractivity contribution in [1.29, 1.82) is 0 Å². The number of fused-ring (bicyclic) bond motifs is 1. The summed E-state index contributed by atoms with van der Waals surface area (Å²) in [4.78, 5) is 59.1. The van der Waals surface area contributed by atoms with Crippen LogP contribution < -0.4 is 10.2 Å². The summed E-state index contributed by atoms with van der Waals surface area (Å²) in [7, 11) is 1.49. The lowest BCUT2D eigenvalue weighted by Gasteiger charge is -2.38. The molecule has 0 aliphatic carbocycles. The van der Waals surface area contributed by atoms with Gasteiger partial charge in [0.2, 0.25) is 11.8 Å². The molecular formula is C37H44ClN3O8. The van der Waals surface area contributed by atoms with Crippen molar-refractivity contribution in [2.75, 3.05) is 31.8 Å². The molecule has 3 saturated heterocycles. The molecule has 0 aromatic heterocycles. The van der Waals surface area contributed by atoms with E-state index in [1.54, 1.807) is 67.6 Å². The molecule has 3 amide bonds. The highest BCUT2D eigenvalue weighted by Gasteiger charge is 2.75. The van der Waals surface area contributed by atoms with Crippen LogP contribution in [-0.4, -0.2) is 90.4 Å². The average molecular weight is 694 g/mol. The minimum atomic E-state index is -1.33. The fourth-order valence-electron chi connectivity index (χ4n) is 7.55. The minimum Gasteiger partial charge on any atom is -0.455 e. The topological polar surface area (TPSA) is 135 Å². The smallest absolute Gasteiger partial charge is 0.313 e. The van der Waals surface area contributed by atoms with Crippen LogP contribution in [0.25, 0.3) is 0 Å². The Kier molecular flexibility index (Phi) is 11.6. The number of benzene rings is 2. The molecule has 0 saturated carbocycles. The first kappa shape index (κ1) is 36.3. The molecular weight excluding hydrogens is 650 g/mol. The van der Waals surface area contributed by atoms with E-state index in [0.29, 0.717) is 35.5 Å². The van der Waals surface area contributed by atoms with Gasteiger partial charge in [-0.05, 0) is 56.0 Å². The van der Waals surface area contributed by atoms with Gasteiger partial charge in [-0.15, -0.1) is 13.2 Å². The Labute approximate surface area is 291 Å². The van der Waals surface area contributed by atoms with Crippen molar-refractivity contribution in [3.05, 3.63) is 90.5 Å². The van der Waals surface area contributed by atoms with Crippen LogP contribution in [0.2, 0.25) is 5.02 Å². The summed E-state index contributed by atoms with van der Waals surface area (Å²) in [5.41, 5.74) is -0.151. The van der Waals surface area contributed by atoms with Gasteiger partial charge in [0.05, 0.1) is 43.2 Å². The maximum absolute atomic E-state index is 14.6. The van der Waals surface area contributed by atoms with Crippen molar-refractivity contribution in [3.63, 3.8) is 0 Å². The lowest BCUT2D eigenvalue weighted by molar-refractivity contribution is -0.163. The third kappa shape index (κ3) is 7.03. The second-order valence-electron chi connectivity index (χ2n) is 12.8. The number of hydrogen-bond acceptors (Lipinski definition) is 8. The van der Waals surface area contributed by atoms with E-state index < -0.39 is 72.2 Å². The van der Waals surface area contributed by atoms with Crippen molar-refractivity contribution >= 4 is 41.0 Å². The van der Waals surface area contributed by atoms with E-state index in [-0.39, 0.29) is 25.5 Å². The van der Waals surface area contributed by atoms with Crippen molar-refractivity contribution in [1.82, 2.24) is 10.2 Å². The summed E-state index contributed by atoms with van der Waals surface area (Å²) < 4.78 is 18.3. The highest BCUT2D eigenvalue weighted by Crippen LogP contribution is 2.59. The van der Waals surface area contributed by atoms with E-state index >= 15 is 0 Å². The molecule has 2 aromatic carbocycles. The molecule has 3 heterocycles. The Balaban J connectivity index is 1.50. The molecule has 2 aromatic rings. The second kappa shape index (κ2) is 15.7. The predicted molar refractivity (Wildman–Crippen MR) is 184 cm³/mol. The number of likely N-dealkylation sites (tertiary alicyclic amines) is 1. The van der Waals surface area contributed by atoms with Crippen LogP contribution in [0.1, 0.15) is 44.3 Å². The normalized spacial score (nSPS) is 25.6. The number of rotatable bonds is 16. The highest BCUT2D eigenvalue weighted by atomic mass is 35.5. The zero-order valence-electron chi connectivity index (χ0n) is 27.8. The highest BCUT2D eigenvalue weighted by molar-refractivity contribution is 6.30. The van der Waals surface area contributed by atoms with Gasteiger partial charge in [-0.1, -0.05) is 54.1 Å². The van der Waals surface area contributed by atoms with Crippen LogP contribution in [0.3, 0.4) is 0 Å². The quantitative estimate of drug-likeness (QED) is 0.199. The van der Waals surface area contributed by atoms with Crippen LogP contribution >= 0.6 is 11.6 Å². The zero-order valence-corrected chi connectivity index (χ0v) is 28.6. The number of aliphatic hydroxyl groups is 1. The lowest BCUT2D eigenvalue weighted by Crippen LogP contribution is -2.58. The fourth-order valence-corrected chi connectivity index (χ4v) is 7.67. The van der Waals surface area contributed by atoms with E-state index in [1.165, 1.54) is 16.9 Å². The number of amides is 3. The van der Waals surface area contributed by atoms with Crippen LogP contribution in [0.5, 0.6) is 0 Å². The number of allylic oxidation sites excluding steroid dienone is 1. The number of carbonyl (C=O) groups excluding carboxylic acids is 4. The Morgan fingerprint density at radius 3 is 2.51 bits per heavy atom. The monoisotopic (exact) mass is 693 g/mol. The van der Waals surface area contributed by atoms with Gasteiger partial charge in [0.1, 0.15) is 17.7 Å². The van der Waals surface area contributed by atoms with Crippen LogP contribution in [0, 0.1) is 11.8 Å². The maximum Gasteiger partial charge on any atom is 0.313 e. The van der Waals surface area contributed by atoms with E-state index in [1.807, 2.05) is 6.07 Å². The number of halogens is 1. The van der Waals surface area contributed by atoms with Gasteiger partial charge in [0.25, 0.3) is 5.91 Å². The number of hydrogen-bond donors (Lipinski definition) is 2. The molecule has 12 heteroatoms. The third-order valence-electron chi connectivity index (χ3n) is 9.70. The Hall–Kier alpha value is -4.03. The molecule has 2 N–H and O–H groups in total. The summed E-state index contributed by atoms with van der Waals surface area (Å²) >= 11 is 6.13. The zero-order chi connectivity index (χ0) is 35.3. The number of nitrogens with one attached hydrogen (secondary N) is 1. The summed E-state index contributed by atoms with van der Waals surface area (Å²) in [5.74, 6) is -3.87. The van der Waals surface area contributed by atoms with Gasteiger partial charge in [-0.3, -0.25) is 19.2 Å². The first-order chi connectivity index (χ1) is 23.6. The number of carbonyl (C=O) groups is 4. The standard InChI is InChI=1S/C37H44ClN3O8/c1-5-7-13-29(43)39-27(22-47-4)32(24-11-9-8-10-12-24)48-36(46)30-28-18-19-37(49-28)31(30)34(44)41(23(3)21-42)33(37)35(45)40(20-6-2)26-16-14-25(38)15-17-26/h5-6,8-12,14-17,23,27-28,30-33,42H,1-2,7,13,18-22H2,3-4H3,(H,39,43)/t23-,27+,28+,30-,31-,32+,33+,37-/m1/s1. The van der Waals surface area contributed by atoms with Gasteiger partial charge >= 0.3 is 5.97 Å². The van der Waals surface area contributed by atoms with E-state index in [0.717, 1.165) is 0 Å². The van der Waals surface area contributed by atoms with Crippen LogP contribution in [0.15, 0.2) is 79.9 Å². The Morgan fingerprint density at radius 2 is 1.88 bits per heavy atom. The number of aliphatic hydroxyl groups excluding tert-OH is 1. The molecule has 5 rings (SSSR count). The van der Waals surface area contributed by atoms with E-state index in [9.17, 15) is 24.3 Å².